The molecule has 1 amide bonds. The molecule has 0 bridgehead atoms. The van der Waals surface area contributed by atoms with Gasteiger partial charge in [-0.15, -0.1) is 0 Å². The highest BCUT2D eigenvalue weighted by Gasteiger charge is 2.23. The first-order valence-corrected chi connectivity index (χ1v) is 9.49. The number of morpholine rings is 1. The number of fused-ring (bicyclic) bond motifs is 1. The van der Waals surface area contributed by atoms with Crippen molar-refractivity contribution in [3.8, 4) is 0 Å². The number of rotatable bonds is 5. The maximum absolute atomic E-state index is 12.4. The fourth-order valence-corrected chi connectivity index (χ4v) is 3.79. The van der Waals surface area contributed by atoms with Crippen LogP contribution in [0.5, 0.6) is 0 Å². The number of hydrogen-bond donors (Lipinski definition) is 1. The van der Waals surface area contributed by atoms with Crippen molar-refractivity contribution in [2.24, 2.45) is 0 Å². The summed E-state index contributed by atoms with van der Waals surface area (Å²) in [5.41, 5.74) is 1.90. The number of benzene rings is 1. The highest BCUT2D eigenvalue weighted by molar-refractivity contribution is 5.92. The van der Waals surface area contributed by atoms with Gasteiger partial charge in [0.05, 0.1) is 13.2 Å². The fourth-order valence-electron chi connectivity index (χ4n) is 3.79. The van der Waals surface area contributed by atoms with Gasteiger partial charge in [-0.3, -0.25) is 9.69 Å². The summed E-state index contributed by atoms with van der Waals surface area (Å²) in [4.78, 5) is 19.3. The Labute approximate surface area is 154 Å². The molecule has 138 valence electrons. The Kier molecular flexibility index (Phi) is 5.32. The molecule has 0 spiro atoms. The Hall–Kier alpha value is -2.18. The number of nitrogens with one attached hydrogen (secondary N) is 1. The van der Waals surface area contributed by atoms with Crippen molar-refractivity contribution >= 4 is 5.91 Å². The van der Waals surface area contributed by atoms with Crippen LogP contribution in [0.4, 0.5) is 0 Å². The largest absolute Gasteiger partial charge is 0.379 e. The van der Waals surface area contributed by atoms with Gasteiger partial charge in [-0.25, -0.2) is 4.98 Å². The number of imidazole rings is 1. The van der Waals surface area contributed by atoms with Crippen LogP contribution in [-0.4, -0.2) is 59.8 Å². The molecule has 1 N–H and O–H groups in total. The number of carbonyl (C=O) groups is 1. The highest BCUT2D eigenvalue weighted by atomic mass is 16.5. The highest BCUT2D eigenvalue weighted by Crippen LogP contribution is 2.28. The Morgan fingerprint density at radius 3 is 2.85 bits per heavy atom. The van der Waals surface area contributed by atoms with E-state index in [1.165, 1.54) is 5.56 Å². The first kappa shape index (κ1) is 17.2. The molecule has 1 aromatic heterocycles. The molecule has 6 nitrogen and oxygen atoms in total. The molecule has 0 saturated carbocycles. The lowest BCUT2D eigenvalue weighted by atomic mass is 9.92. The lowest BCUT2D eigenvalue weighted by molar-refractivity contribution is 0.0383. The Morgan fingerprint density at radius 1 is 1.23 bits per heavy atom. The van der Waals surface area contributed by atoms with Gasteiger partial charge in [-0.2, -0.15) is 0 Å². The number of amides is 1. The lowest BCUT2D eigenvalue weighted by Gasteiger charge is -2.26. The number of ether oxygens (including phenoxy) is 1. The minimum absolute atomic E-state index is 0.0728. The topological polar surface area (TPSA) is 59.4 Å². The second-order valence-corrected chi connectivity index (χ2v) is 7.05. The molecule has 4 rings (SSSR count). The molecule has 2 aliphatic rings. The minimum atomic E-state index is -0.0728. The Bertz CT molecular complexity index is 738. The predicted octanol–water partition coefficient (Wildman–Crippen LogP) is 1.68. The van der Waals surface area contributed by atoms with E-state index in [0.29, 0.717) is 18.2 Å². The first-order chi connectivity index (χ1) is 12.8. The van der Waals surface area contributed by atoms with Gasteiger partial charge in [-0.05, 0) is 12.0 Å². The van der Waals surface area contributed by atoms with Crippen LogP contribution < -0.4 is 5.32 Å². The molecule has 1 aromatic carbocycles. The average molecular weight is 354 g/mol. The molecule has 2 aliphatic heterocycles. The van der Waals surface area contributed by atoms with E-state index in [1.807, 2.05) is 12.3 Å². The van der Waals surface area contributed by atoms with Crippen molar-refractivity contribution in [2.45, 2.75) is 25.3 Å². The number of hydrogen-bond acceptors (Lipinski definition) is 4. The normalized spacial score (nSPS) is 20.5. The van der Waals surface area contributed by atoms with Crippen LogP contribution in [0.3, 0.4) is 0 Å². The molecule has 2 aromatic rings. The van der Waals surface area contributed by atoms with Gasteiger partial charge in [0.25, 0.3) is 5.91 Å². The molecule has 26 heavy (non-hydrogen) atoms. The van der Waals surface area contributed by atoms with Gasteiger partial charge >= 0.3 is 0 Å². The first-order valence-electron chi connectivity index (χ1n) is 9.49. The summed E-state index contributed by atoms with van der Waals surface area (Å²) >= 11 is 0. The third-order valence-electron chi connectivity index (χ3n) is 5.31. The molecule has 1 saturated heterocycles. The van der Waals surface area contributed by atoms with Crippen LogP contribution >= 0.6 is 0 Å². The smallest absolute Gasteiger partial charge is 0.271 e. The van der Waals surface area contributed by atoms with E-state index in [9.17, 15) is 4.79 Å². The SMILES string of the molecule is O=C(NCCN1CCOCC1)c1cn2c(n1)CCC(c1ccccc1)C2. The van der Waals surface area contributed by atoms with Gasteiger partial charge in [0, 0.05) is 51.3 Å². The summed E-state index contributed by atoms with van der Waals surface area (Å²) in [6, 6.07) is 10.6. The van der Waals surface area contributed by atoms with E-state index in [4.69, 9.17) is 4.74 Å². The van der Waals surface area contributed by atoms with Gasteiger partial charge in [0.1, 0.15) is 11.5 Å². The van der Waals surface area contributed by atoms with Crippen molar-refractivity contribution in [1.82, 2.24) is 19.8 Å². The van der Waals surface area contributed by atoms with Gasteiger partial charge in [-0.1, -0.05) is 30.3 Å². The summed E-state index contributed by atoms with van der Waals surface area (Å²) in [6.45, 7) is 5.85. The van der Waals surface area contributed by atoms with Crippen molar-refractivity contribution in [3.63, 3.8) is 0 Å². The van der Waals surface area contributed by atoms with Crippen LogP contribution in [0.1, 0.15) is 34.2 Å². The van der Waals surface area contributed by atoms with Gasteiger partial charge in [0.2, 0.25) is 0 Å². The lowest BCUT2D eigenvalue weighted by Crippen LogP contribution is -2.41. The second-order valence-electron chi connectivity index (χ2n) is 7.05. The number of nitrogens with zero attached hydrogens (tertiary/aromatic N) is 3. The quantitative estimate of drug-likeness (QED) is 0.887. The zero-order valence-corrected chi connectivity index (χ0v) is 15.1. The van der Waals surface area contributed by atoms with E-state index in [2.05, 4.69) is 44.0 Å². The van der Waals surface area contributed by atoms with Crippen LogP contribution in [0.15, 0.2) is 36.5 Å². The molecular formula is C20H26N4O2. The third-order valence-corrected chi connectivity index (χ3v) is 5.31. The predicted molar refractivity (Wildman–Crippen MR) is 99.3 cm³/mol. The van der Waals surface area contributed by atoms with Crippen LogP contribution in [-0.2, 0) is 17.7 Å². The summed E-state index contributed by atoms with van der Waals surface area (Å²) in [7, 11) is 0. The van der Waals surface area contributed by atoms with E-state index in [1.54, 1.807) is 0 Å². The zero-order chi connectivity index (χ0) is 17.8. The van der Waals surface area contributed by atoms with E-state index in [-0.39, 0.29) is 5.91 Å². The summed E-state index contributed by atoms with van der Waals surface area (Å²) in [5.74, 6) is 1.45. The summed E-state index contributed by atoms with van der Waals surface area (Å²) in [5, 5.41) is 3.00. The molecule has 0 radical (unpaired) electrons. The van der Waals surface area contributed by atoms with E-state index >= 15 is 0 Å². The fraction of sp³-hybridized carbons (Fsp3) is 0.500. The van der Waals surface area contributed by atoms with Gasteiger partial charge in [0.15, 0.2) is 0 Å². The molecule has 3 heterocycles. The van der Waals surface area contributed by atoms with Crippen LogP contribution in [0.2, 0.25) is 0 Å². The molecule has 6 heteroatoms. The van der Waals surface area contributed by atoms with Crippen LogP contribution in [0.25, 0.3) is 0 Å². The van der Waals surface area contributed by atoms with Crippen molar-refractivity contribution in [3.05, 3.63) is 53.6 Å². The maximum atomic E-state index is 12.4. The standard InChI is InChI=1S/C20H26N4O2/c25-20(21-8-9-23-10-12-26-13-11-23)18-15-24-14-17(6-7-19(24)22-18)16-4-2-1-3-5-16/h1-5,15,17H,6-14H2,(H,21,25). The van der Waals surface area contributed by atoms with Crippen molar-refractivity contribution in [2.75, 3.05) is 39.4 Å². The molecule has 1 unspecified atom stereocenters. The molecule has 0 aliphatic carbocycles. The third kappa shape index (κ3) is 3.97. The van der Waals surface area contributed by atoms with E-state index < -0.39 is 0 Å². The zero-order valence-electron chi connectivity index (χ0n) is 15.1. The molecular weight excluding hydrogens is 328 g/mol. The molecule has 1 atom stereocenters. The minimum Gasteiger partial charge on any atom is -0.379 e. The summed E-state index contributed by atoms with van der Waals surface area (Å²) in [6.07, 6.45) is 3.91. The summed E-state index contributed by atoms with van der Waals surface area (Å²) < 4.78 is 7.49. The van der Waals surface area contributed by atoms with Gasteiger partial charge < -0.3 is 14.6 Å². The number of carbonyl (C=O) groups excluding carboxylic acids is 1. The molecule has 1 fully saturated rings. The Balaban J connectivity index is 1.33. The van der Waals surface area contributed by atoms with E-state index in [0.717, 1.165) is 58.1 Å². The van der Waals surface area contributed by atoms with Crippen molar-refractivity contribution in [1.29, 1.82) is 0 Å². The number of aromatic nitrogens is 2. The van der Waals surface area contributed by atoms with Crippen molar-refractivity contribution < 1.29 is 9.53 Å². The average Bonchev–Trinajstić information content (AvgIpc) is 3.13. The Morgan fingerprint density at radius 2 is 2.04 bits per heavy atom. The second kappa shape index (κ2) is 8.01. The maximum Gasteiger partial charge on any atom is 0.271 e. The number of aryl methyl sites for hydroxylation is 1. The monoisotopic (exact) mass is 354 g/mol. The van der Waals surface area contributed by atoms with Crippen LogP contribution in [0, 0.1) is 0 Å².